The van der Waals surface area contributed by atoms with E-state index in [-0.39, 0.29) is 5.97 Å². The van der Waals surface area contributed by atoms with Gasteiger partial charge in [-0.25, -0.2) is 9.78 Å². The Bertz CT molecular complexity index is 815. The molecule has 0 bridgehead atoms. The molecule has 8 nitrogen and oxygen atoms in total. The van der Waals surface area contributed by atoms with Gasteiger partial charge in [0.05, 0.1) is 26.0 Å². The van der Waals surface area contributed by atoms with Crippen LogP contribution in [0.2, 0.25) is 0 Å². The second-order valence-electron chi connectivity index (χ2n) is 6.63. The van der Waals surface area contributed by atoms with Crippen LogP contribution in [-0.2, 0) is 20.9 Å². The van der Waals surface area contributed by atoms with E-state index in [1.165, 1.54) is 18.4 Å². The third kappa shape index (κ3) is 5.53. The van der Waals surface area contributed by atoms with Crippen LogP contribution in [0.5, 0.6) is 0 Å². The highest BCUT2D eigenvalue weighted by Crippen LogP contribution is 2.28. The topological polar surface area (TPSA) is 77.9 Å². The molecule has 3 rings (SSSR count). The van der Waals surface area contributed by atoms with E-state index in [0.29, 0.717) is 41.5 Å². The number of piperidine rings is 1. The molecule has 0 radical (unpaired) electrons. The molecule has 3 heterocycles. The number of nitrogens with one attached hydrogen (secondary N) is 1. The molecule has 0 aromatic carbocycles. The van der Waals surface area contributed by atoms with Crippen molar-refractivity contribution in [2.75, 3.05) is 45.8 Å². The van der Waals surface area contributed by atoms with Gasteiger partial charge in [-0.15, -0.1) is 11.3 Å². The Morgan fingerprint density at radius 3 is 2.86 bits per heavy atom. The third-order valence-corrected chi connectivity index (χ3v) is 6.09. The number of anilines is 1. The van der Waals surface area contributed by atoms with Crippen LogP contribution in [0.3, 0.4) is 0 Å². The van der Waals surface area contributed by atoms with Crippen molar-refractivity contribution in [3.8, 4) is 0 Å². The van der Waals surface area contributed by atoms with Gasteiger partial charge >= 0.3 is 5.97 Å². The van der Waals surface area contributed by atoms with Crippen LogP contribution in [0, 0.1) is 0 Å². The second-order valence-corrected chi connectivity index (χ2v) is 7.93. The van der Waals surface area contributed by atoms with Crippen molar-refractivity contribution in [3.63, 3.8) is 0 Å². The van der Waals surface area contributed by atoms with Crippen LogP contribution >= 0.6 is 23.6 Å². The molecule has 0 spiro atoms. The summed E-state index contributed by atoms with van der Waals surface area (Å²) in [6.07, 6.45) is 5.67. The van der Waals surface area contributed by atoms with E-state index in [4.69, 9.17) is 26.4 Å². The summed E-state index contributed by atoms with van der Waals surface area (Å²) in [6, 6.07) is 1.84. The zero-order chi connectivity index (χ0) is 20.6. The predicted octanol–water partition coefficient (Wildman–Crippen LogP) is 2.93. The summed E-state index contributed by atoms with van der Waals surface area (Å²) < 4.78 is 17.5. The summed E-state index contributed by atoms with van der Waals surface area (Å²) in [5, 5.41) is 5.66. The van der Waals surface area contributed by atoms with Gasteiger partial charge < -0.3 is 29.0 Å². The fourth-order valence-corrected chi connectivity index (χ4v) is 4.35. The summed E-state index contributed by atoms with van der Waals surface area (Å²) in [4.78, 5) is 19.0. The van der Waals surface area contributed by atoms with Gasteiger partial charge in [0.15, 0.2) is 5.11 Å². The maximum absolute atomic E-state index is 11.8. The number of ether oxygens (including phenoxy) is 3. The first kappa shape index (κ1) is 21.7. The fourth-order valence-electron chi connectivity index (χ4n) is 3.29. The molecule has 0 amide bonds. The van der Waals surface area contributed by atoms with Crippen molar-refractivity contribution in [1.82, 2.24) is 14.5 Å². The summed E-state index contributed by atoms with van der Waals surface area (Å²) in [5.74, 6) is 1.05. The van der Waals surface area contributed by atoms with Gasteiger partial charge in [0.1, 0.15) is 17.4 Å². The number of imidazole rings is 1. The van der Waals surface area contributed by atoms with Gasteiger partial charge in [0.2, 0.25) is 0 Å². The zero-order valence-electron chi connectivity index (χ0n) is 16.6. The molecular weight excluding hydrogens is 412 g/mol. The molecule has 158 valence electrons. The second kappa shape index (κ2) is 10.7. The number of carbonyl (C=O) groups excluding carboxylic acids is 1. The molecule has 0 saturated carbocycles. The molecule has 29 heavy (non-hydrogen) atoms. The highest BCUT2D eigenvalue weighted by Gasteiger charge is 2.26. The number of rotatable bonds is 8. The first-order valence-electron chi connectivity index (χ1n) is 9.43. The minimum Gasteiger partial charge on any atom is -0.465 e. The Kier molecular flexibility index (Phi) is 7.99. The molecule has 0 atom stereocenters. The van der Waals surface area contributed by atoms with Gasteiger partial charge in [0.25, 0.3) is 0 Å². The SMILES string of the molecule is COCCOCn1ccnc1C1CCN(C(=S)Nc2ccsc2C(=O)OC)CC1. The van der Waals surface area contributed by atoms with E-state index < -0.39 is 0 Å². The number of thiocarbonyl (C=S) groups is 1. The number of hydrogen-bond acceptors (Lipinski definition) is 7. The van der Waals surface area contributed by atoms with Gasteiger partial charge in [-0.05, 0) is 36.5 Å². The quantitative estimate of drug-likeness (QED) is 0.383. The lowest BCUT2D eigenvalue weighted by molar-refractivity contribution is 0.0321. The molecule has 1 aliphatic rings. The number of likely N-dealkylation sites (tertiary alicyclic amines) is 1. The first-order valence-corrected chi connectivity index (χ1v) is 10.7. The Morgan fingerprint density at radius 1 is 1.34 bits per heavy atom. The van der Waals surface area contributed by atoms with E-state index in [2.05, 4.69) is 19.8 Å². The molecule has 10 heteroatoms. The summed E-state index contributed by atoms with van der Waals surface area (Å²) in [6.45, 7) is 3.27. The van der Waals surface area contributed by atoms with E-state index in [1.807, 2.05) is 23.8 Å². The number of thiophene rings is 1. The van der Waals surface area contributed by atoms with Gasteiger partial charge in [-0.1, -0.05) is 0 Å². The molecule has 0 unspecified atom stereocenters. The van der Waals surface area contributed by atoms with Crippen molar-refractivity contribution in [2.45, 2.75) is 25.5 Å². The van der Waals surface area contributed by atoms with Gasteiger partial charge in [0, 0.05) is 38.5 Å². The van der Waals surface area contributed by atoms with Gasteiger partial charge in [-0.3, -0.25) is 0 Å². The average molecular weight is 439 g/mol. The Labute approximate surface area is 179 Å². The van der Waals surface area contributed by atoms with Crippen LogP contribution in [0.4, 0.5) is 5.69 Å². The molecule has 1 saturated heterocycles. The van der Waals surface area contributed by atoms with Crippen molar-refractivity contribution < 1.29 is 19.0 Å². The molecular formula is C19H26N4O4S2. The lowest BCUT2D eigenvalue weighted by atomic mass is 9.96. The minimum absolute atomic E-state index is 0.358. The van der Waals surface area contributed by atoms with Crippen molar-refractivity contribution in [3.05, 3.63) is 34.5 Å². The van der Waals surface area contributed by atoms with E-state index in [0.717, 1.165) is 31.8 Å². The van der Waals surface area contributed by atoms with Crippen LogP contribution in [0.1, 0.15) is 34.3 Å². The number of aromatic nitrogens is 2. The summed E-state index contributed by atoms with van der Waals surface area (Å²) in [7, 11) is 3.04. The summed E-state index contributed by atoms with van der Waals surface area (Å²) in [5.41, 5.74) is 0.692. The highest BCUT2D eigenvalue weighted by atomic mass is 32.1. The maximum atomic E-state index is 11.8. The largest absolute Gasteiger partial charge is 0.465 e. The van der Waals surface area contributed by atoms with Crippen LogP contribution in [0.15, 0.2) is 23.8 Å². The monoisotopic (exact) mass is 438 g/mol. The summed E-state index contributed by atoms with van der Waals surface area (Å²) >= 11 is 6.90. The third-order valence-electron chi connectivity index (χ3n) is 4.83. The van der Waals surface area contributed by atoms with E-state index in [1.54, 1.807) is 7.11 Å². The predicted molar refractivity (Wildman–Crippen MR) is 115 cm³/mol. The minimum atomic E-state index is -0.358. The Morgan fingerprint density at radius 2 is 2.14 bits per heavy atom. The van der Waals surface area contributed by atoms with Crippen molar-refractivity contribution in [1.29, 1.82) is 0 Å². The molecule has 2 aromatic rings. The van der Waals surface area contributed by atoms with Crippen LogP contribution < -0.4 is 5.32 Å². The number of nitrogens with zero attached hydrogens (tertiary/aromatic N) is 3. The van der Waals surface area contributed by atoms with E-state index >= 15 is 0 Å². The molecule has 1 fully saturated rings. The zero-order valence-corrected chi connectivity index (χ0v) is 18.3. The molecule has 2 aromatic heterocycles. The molecule has 0 aliphatic carbocycles. The Hall–Kier alpha value is -2.01. The standard InChI is InChI=1S/C19H26N4O4S2/c1-25-10-11-27-13-23-9-6-20-17(23)14-3-7-22(8-4-14)19(28)21-15-5-12-29-16(15)18(24)26-2/h5-6,9,12,14H,3-4,7-8,10-11,13H2,1-2H3,(H,21,28). The fraction of sp³-hybridized carbons (Fsp3) is 0.526. The molecule has 1 N–H and O–H groups in total. The van der Waals surface area contributed by atoms with E-state index in [9.17, 15) is 4.79 Å². The van der Waals surface area contributed by atoms with Crippen molar-refractivity contribution >= 4 is 40.3 Å². The average Bonchev–Trinajstić information content (AvgIpc) is 3.40. The molecule has 1 aliphatic heterocycles. The lowest BCUT2D eigenvalue weighted by Gasteiger charge is -2.33. The van der Waals surface area contributed by atoms with Gasteiger partial charge in [-0.2, -0.15) is 0 Å². The normalized spacial score (nSPS) is 14.8. The number of methoxy groups -OCH3 is 2. The lowest BCUT2D eigenvalue weighted by Crippen LogP contribution is -2.40. The number of esters is 1. The van der Waals surface area contributed by atoms with Crippen LogP contribution in [-0.4, -0.2) is 66.1 Å². The smallest absolute Gasteiger partial charge is 0.350 e. The number of carbonyl (C=O) groups is 1. The van der Waals surface area contributed by atoms with Crippen molar-refractivity contribution in [2.24, 2.45) is 0 Å². The first-order chi connectivity index (χ1) is 14.1. The number of hydrogen-bond donors (Lipinski definition) is 1. The Balaban J connectivity index is 1.52. The van der Waals surface area contributed by atoms with Crippen LogP contribution in [0.25, 0.3) is 0 Å². The highest BCUT2D eigenvalue weighted by molar-refractivity contribution is 7.80. The maximum Gasteiger partial charge on any atom is 0.350 e.